The van der Waals surface area contributed by atoms with E-state index in [0.29, 0.717) is 12.0 Å². The van der Waals surface area contributed by atoms with Crippen molar-refractivity contribution in [1.29, 1.82) is 0 Å². The summed E-state index contributed by atoms with van der Waals surface area (Å²) >= 11 is 1.64. The third kappa shape index (κ3) is 4.21. The maximum absolute atomic E-state index is 13.5. The van der Waals surface area contributed by atoms with Gasteiger partial charge in [-0.3, -0.25) is 14.4 Å². The molecule has 0 radical (unpaired) electrons. The Kier molecular flexibility index (Phi) is 6.08. The van der Waals surface area contributed by atoms with Gasteiger partial charge in [0, 0.05) is 16.4 Å². The first kappa shape index (κ1) is 22.2. The number of hydrogen-bond donors (Lipinski definition) is 2. The number of rotatable bonds is 6. The van der Waals surface area contributed by atoms with Crippen LogP contribution in [0.15, 0.2) is 24.3 Å². The smallest absolute Gasteiger partial charge is 0.256 e. The van der Waals surface area contributed by atoms with Crippen LogP contribution in [-0.2, 0) is 9.59 Å². The van der Waals surface area contributed by atoms with Gasteiger partial charge in [0.2, 0.25) is 11.8 Å². The zero-order valence-corrected chi connectivity index (χ0v) is 19.6. The molecule has 1 aliphatic carbocycles. The number of benzene rings is 1. The summed E-state index contributed by atoms with van der Waals surface area (Å²) in [6.07, 6.45) is 4.85. The van der Waals surface area contributed by atoms with Gasteiger partial charge in [-0.05, 0) is 50.7 Å². The largest absolute Gasteiger partial charge is 0.352 e. The maximum Gasteiger partial charge on any atom is 0.256 e. The second-order valence-corrected chi connectivity index (χ2v) is 11.7. The molecule has 1 saturated carbocycles. The molecule has 3 amide bonds. The molecule has 2 N–H and O–H groups in total. The quantitative estimate of drug-likeness (QED) is 0.704. The van der Waals surface area contributed by atoms with Gasteiger partial charge in [0.1, 0.15) is 17.5 Å². The van der Waals surface area contributed by atoms with Crippen LogP contribution < -0.4 is 10.6 Å². The Morgan fingerprint density at radius 3 is 2.55 bits per heavy atom. The van der Waals surface area contributed by atoms with E-state index in [1.807, 2.05) is 52.0 Å². The van der Waals surface area contributed by atoms with Gasteiger partial charge in [-0.2, -0.15) is 0 Å². The molecule has 0 spiro atoms. The van der Waals surface area contributed by atoms with E-state index in [1.54, 1.807) is 16.7 Å². The van der Waals surface area contributed by atoms with Gasteiger partial charge < -0.3 is 15.5 Å². The molecule has 31 heavy (non-hydrogen) atoms. The molecule has 2 aliphatic heterocycles. The normalized spacial score (nSPS) is 25.5. The van der Waals surface area contributed by atoms with Crippen molar-refractivity contribution in [2.75, 3.05) is 0 Å². The van der Waals surface area contributed by atoms with E-state index < -0.39 is 16.8 Å². The first-order valence-corrected chi connectivity index (χ1v) is 12.3. The standard InChI is InChI=1S/C24H33N3O3S/c1-14(2)13-18(20(28)25-15-9-5-6-10-15)26-21(29)19-24(3,4)31-23-17-12-8-7-11-16(17)22(30)27(19)23/h7-8,11-12,14-15,18-19,23H,5-6,9-10,13H2,1-4H3,(H,25,28)(H,26,29). The number of carbonyl (C=O) groups excluding carboxylic acids is 3. The number of thioether (sulfide) groups is 1. The number of amides is 3. The lowest BCUT2D eigenvalue weighted by Crippen LogP contribution is -2.57. The zero-order chi connectivity index (χ0) is 22.3. The molecule has 3 atom stereocenters. The van der Waals surface area contributed by atoms with Crippen LogP contribution in [0.4, 0.5) is 0 Å². The first-order valence-electron chi connectivity index (χ1n) is 11.4. The molecular formula is C24H33N3O3S. The Bertz CT molecular complexity index is 879. The average molecular weight is 444 g/mol. The monoisotopic (exact) mass is 443 g/mol. The van der Waals surface area contributed by atoms with Gasteiger partial charge in [-0.15, -0.1) is 11.8 Å². The van der Waals surface area contributed by atoms with Crippen molar-refractivity contribution in [2.45, 2.75) is 88.0 Å². The van der Waals surface area contributed by atoms with Crippen LogP contribution in [-0.4, -0.2) is 45.5 Å². The highest BCUT2D eigenvalue weighted by molar-refractivity contribution is 8.01. The summed E-state index contributed by atoms with van der Waals surface area (Å²) in [6.45, 7) is 8.11. The van der Waals surface area contributed by atoms with Crippen molar-refractivity contribution < 1.29 is 14.4 Å². The van der Waals surface area contributed by atoms with Crippen LogP contribution in [0.1, 0.15) is 81.1 Å². The Morgan fingerprint density at radius 2 is 1.87 bits per heavy atom. The Labute approximate surface area is 188 Å². The van der Waals surface area contributed by atoms with Crippen molar-refractivity contribution >= 4 is 29.5 Å². The van der Waals surface area contributed by atoms with Crippen molar-refractivity contribution in [1.82, 2.24) is 15.5 Å². The predicted octanol–water partition coefficient (Wildman–Crippen LogP) is 3.62. The second kappa shape index (κ2) is 8.49. The highest BCUT2D eigenvalue weighted by Gasteiger charge is 2.57. The Morgan fingerprint density at radius 1 is 1.19 bits per heavy atom. The topological polar surface area (TPSA) is 78.5 Å². The molecule has 2 heterocycles. The summed E-state index contributed by atoms with van der Waals surface area (Å²) in [7, 11) is 0. The second-order valence-electron chi connectivity index (χ2n) is 9.96. The lowest BCUT2D eigenvalue weighted by atomic mass is 9.98. The van der Waals surface area contributed by atoms with Crippen molar-refractivity contribution in [3.63, 3.8) is 0 Å². The van der Waals surface area contributed by atoms with Gasteiger partial charge in [-0.25, -0.2) is 0 Å². The fourth-order valence-electron chi connectivity index (χ4n) is 5.13. The Balaban J connectivity index is 1.54. The van der Waals surface area contributed by atoms with E-state index in [-0.39, 0.29) is 35.1 Å². The minimum atomic E-state index is -0.628. The number of carbonyl (C=O) groups is 3. The number of nitrogens with one attached hydrogen (secondary N) is 2. The molecule has 7 heteroatoms. The molecule has 2 fully saturated rings. The van der Waals surface area contributed by atoms with Crippen LogP contribution in [0, 0.1) is 5.92 Å². The van der Waals surface area contributed by atoms with Gasteiger partial charge >= 0.3 is 0 Å². The maximum atomic E-state index is 13.5. The summed E-state index contributed by atoms with van der Waals surface area (Å²) in [4.78, 5) is 41.4. The van der Waals surface area contributed by atoms with Gasteiger partial charge in [-0.1, -0.05) is 44.9 Å². The van der Waals surface area contributed by atoms with Crippen LogP contribution in [0.25, 0.3) is 0 Å². The minimum absolute atomic E-state index is 0.102. The van der Waals surface area contributed by atoms with E-state index in [4.69, 9.17) is 0 Å². The van der Waals surface area contributed by atoms with Crippen LogP contribution in [0.2, 0.25) is 0 Å². The first-order chi connectivity index (χ1) is 14.7. The SMILES string of the molecule is CC(C)CC(NC(=O)C1N2C(=O)c3ccccc3C2SC1(C)C)C(=O)NC1CCCC1. The summed E-state index contributed by atoms with van der Waals surface area (Å²) in [6, 6.07) is 6.58. The third-order valence-electron chi connectivity index (χ3n) is 6.59. The molecule has 1 saturated heterocycles. The van der Waals surface area contributed by atoms with Crippen LogP contribution >= 0.6 is 11.8 Å². The van der Waals surface area contributed by atoms with E-state index in [2.05, 4.69) is 10.6 Å². The fraction of sp³-hybridized carbons (Fsp3) is 0.625. The van der Waals surface area contributed by atoms with Crippen molar-refractivity contribution in [2.24, 2.45) is 5.92 Å². The summed E-state index contributed by atoms with van der Waals surface area (Å²) in [5.41, 5.74) is 1.64. The third-order valence-corrected chi connectivity index (χ3v) is 8.12. The number of fused-ring (bicyclic) bond motifs is 3. The van der Waals surface area contributed by atoms with E-state index in [1.165, 1.54) is 0 Å². The lowest BCUT2D eigenvalue weighted by Gasteiger charge is -2.31. The van der Waals surface area contributed by atoms with E-state index >= 15 is 0 Å². The molecule has 3 aliphatic rings. The lowest BCUT2D eigenvalue weighted by molar-refractivity contribution is -0.132. The van der Waals surface area contributed by atoms with Gasteiger partial charge in [0.05, 0.1) is 0 Å². The molecule has 1 aromatic rings. The molecule has 0 bridgehead atoms. The van der Waals surface area contributed by atoms with Gasteiger partial charge in [0.25, 0.3) is 5.91 Å². The average Bonchev–Trinajstić information content (AvgIpc) is 3.37. The molecule has 3 unspecified atom stereocenters. The number of hydrogen-bond acceptors (Lipinski definition) is 4. The zero-order valence-electron chi connectivity index (χ0n) is 18.8. The van der Waals surface area contributed by atoms with Crippen LogP contribution in [0.3, 0.4) is 0 Å². The molecule has 168 valence electrons. The molecule has 1 aromatic carbocycles. The fourth-order valence-corrected chi connectivity index (χ4v) is 6.72. The molecule has 0 aromatic heterocycles. The summed E-state index contributed by atoms with van der Waals surface area (Å²) in [5, 5.41) is 5.99. The molecule has 6 nitrogen and oxygen atoms in total. The predicted molar refractivity (Wildman–Crippen MR) is 123 cm³/mol. The van der Waals surface area contributed by atoms with Crippen LogP contribution in [0.5, 0.6) is 0 Å². The molecular weight excluding hydrogens is 410 g/mol. The summed E-state index contributed by atoms with van der Waals surface area (Å²) in [5.74, 6) is -0.191. The highest BCUT2D eigenvalue weighted by Crippen LogP contribution is 2.56. The van der Waals surface area contributed by atoms with Gasteiger partial charge in [0.15, 0.2) is 0 Å². The van der Waals surface area contributed by atoms with E-state index in [0.717, 1.165) is 31.2 Å². The van der Waals surface area contributed by atoms with Crippen molar-refractivity contribution in [3.8, 4) is 0 Å². The molecule has 4 rings (SSSR count). The Hall–Kier alpha value is -2.02. The van der Waals surface area contributed by atoms with E-state index in [9.17, 15) is 14.4 Å². The van der Waals surface area contributed by atoms with Crippen molar-refractivity contribution in [3.05, 3.63) is 35.4 Å². The summed E-state index contributed by atoms with van der Waals surface area (Å²) < 4.78 is -0.456. The minimum Gasteiger partial charge on any atom is -0.352 e. The highest BCUT2D eigenvalue weighted by atomic mass is 32.2. The number of nitrogens with zero attached hydrogens (tertiary/aromatic N) is 1.